The first-order chi connectivity index (χ1) is 24.6. The molecule has 0 heterocycles. The Hall–Kier alpha value is -4.09. The van der Waals surface area contributed by atoms with Gasteiger partial charge in [0, 0.05) is 20.8 Å². The van der Waals surface area contributed by atoms with Gasteiger partial charge >= 0.3 is 20.2 Å². The molecule has 0 N–H and O–H groups in total. The second-order valence-electron chi connectivity index (χ2n) is 16.1. The van der Waals surface area contributed by atoms with Gasteiger partial charge in [0.2, 0.25) is 0 Å². The molecule has 10 heteroatoms. The van der Waals surface area contributed by atoms with E-state index >= 15 is 0 Å². The van der Waals surface area contributed by atoms with Crippen molar-refractivity contribution >= 4 is 30.5 Å². The first kappa shape index (κ1) is 40.1. The quantitative estimate of drug-likeness (QED) is 0.130. The molecule has 5 aromatic rings. The van der Waals surface area contributed by atoms with Gasteiger partial charge in [-0.3, -0.25) is 0 Å². The lowest BCUT2D eigenvalue weighted by atomic mass is 9.87. The molecule has 7 nitrogen and oxygen atoms in total. The zero-order chi connectivity index (χ0) is 39.0. The summed E-state index contributed by atoms with van der Waals surface area (Å²) in [5.41, 5.74) is 2.86. The maximum atomic E-state index is 14.7. The van der Waals surface area contributed by atoms with Crippen molar-refractivity contribution in [3.8, 4) is 11.5 Å². The monoisotopic (exact) mass is 774 g/mol. The van der Waals surface area contributed by atoms with Crippen molar-refractivity contribution in [1.29, 1.82) is 0 Å². The molecule has 0 spiro atoms. The van der Waals surface area contributed by atoms with E-state index in [4.69, 9.17) is 12.5 Å². The summed E-state index contributed by atoms with van der Waals surface area (Å²) in [6.07, 6.45) is 0. The van der Waals surface area contributed by atoms with E-state index in [-0.39, 0.29) is 37.5 Å². The lowest BCUT2D eigenvalue weighted by Gasteiger charge is -2.40. The average Bonchev–Trinajstić information content (AvgIpc) is 3.10. The van der Waals surface area contributed by atoms with Crippen LogP contribution in [0.3, 0.4) is 0 Å². The first-order valence-corrected chi connectivity index (χ1v) is 21.7. The SMILES string of the molecule is COc1cc(S(=O)(=O)OS(c2ccc(C(C)(C)C)cc2)(c2ccc(C(C)(C)C)cc2)c2ccc(C(C)(C)C)cc2)ccc1OS(=O)(=O)c1ccccc1. The fourth-order valence-corrected chi connectivity index (χ4v) is 11.9. The molecule has 0 aromatic heterocycles. The molecule has 0 bridgehead atoms. The molecule has 0 saturated carbocycles. The molecule has 0 aliphatic heterocycles. The Morgan fingerprint density at radius 2 is 0.792 bits per heavy atom. The summed E-state index contributed by atoms with van der Waals surface area (Å²) in [6.45, 7) is 19.2. The molecular weight excluding hydrogens is 725 g/mol. The Morgan fingerprint density at radius 3 is 1.15 bits per heavy atom. The Bertz CT molecular complexity index is 2120. The van der Waals surface area contributed by atoms with Gasteiger partial charge in [-0.15, -0.1) is 0 Å². The fourth-order valence-electron chi connectivity index (χ4n) is 5.77. The molecule has 282 valence electrons. The summed E-state index contributed by atoms with van der Waals surface area (Å²) < 4.78 is 73.1. The molecule has 0 unspecified atom stereocenters. The molecule has 0 amide bonds. The number of benzene rings is 5. The normalized spacial score (nSPS) is 13.4. The number of hydrogen-bond acceptors (Lipinski definition) is 7. The van der Waals surface area contributed by atoms with Gasteiger partial charge in [0.1, 0.15) is 4.90 Å². The number of rotatable bonds is 10. The van der Waals surface area contributed by atoms with Crippen molar-refractivity contribution in [3.63, 3.8) is 0 Å². The molecule has 0 radical (unpaired) electrons. The van der Waals surface area contributed by atoms with E-state index in [1.54, 1.807) is 18.2 Å². The molecule has 0 aliphatic carbocycles. The van der Waals surface area contributed by atoms with Gasteiger partial charge in [-0.25, -0.2) is 3.63 Å². The standard InChI is InChI=1S/C43H50O7S3/c1-41(2,3)31-16-22-34(23-17-31)51(35-24-18-32(19-25-35)42(4,5)6,36-26-20-33(21-27-36)43(7,8)9)50-53(46,47)38-28-29-39(40(30-38)48-10)49-52(44,45)37-14-12-11-13-15-37/h11-30H,1-10H3. The smallest absolute Gasteiger partial charge is 0.339 e. The van der Waals surface area contributed by atoms with Crippen LogP contribution in [-0.2, 0) is 40.1 Å². The Balaban J connectivity index is 1.72. The summed E-state index contributed by atoms with van der Waals surface area (Å²) in [6, 6.07) is 35.4. The Kier molecular flexibility index (Phi) is 11.1. The third-order valence-electron chi connectivity index (χ3n) is 9.00. The van der Waals surface area contributed by atoms with Crippen LogP contribution in [-0.4, -0.2) is 23.9 Å². The van der Waals surface area contributed by atoms with Gasteiger partial charge in [0.25, 0.3) is 0 Å². The summed E-state index contributed by atoms with van der Waals surface area (Å²) in [7, 11) is -10.5. The predicted octanol–water partition coefficient (Wildman–Crippen LogP) is 11.0. The van der Waals surface area contributed by atoms with Crippen LogP contribution in [0, 0.1) is 0 Å². The van der Waals surface area contributed by atoms with Crippen LogP contribution in [0.15, 0.2) is 146 Å². The molecule has 0 aliphatic rings. The van der Waals surface area contributed by atoms with Crippen LogP contribution in [0.25, 0.3) is 0 Å². The summed E-state index contributed by atoms with van der Waals surface area (Å²) >= 11 is 0. The van der Waals surface area contributed by atoms with Crippen LogP contribution in [0.1, 0.15) is 79.0 Å². The zero-order valence-corrected chi connectivity index (χ0v) is 34.6. The molecule has 0 saturated heterocycles. The van der Waals surface area contributed by atoms with Crippen molar-refractivity contribution in [1.82, 2.24) is 0 Å². The minimum Gasteiger partial charge on any atom is -0.493 e. The third kappa shape index (κ3) is 8.67. The molecule has 5 aromatic carbocycles. The van der Waals surface area contributed by atoms with Gasteiger partial charge in [-0.1, -0.05) is 117 Å². The van der Waals surface area contributed by atoms with Gasteiger partial charge < -0.3 is 8.92 Å². The van der Waals surface area contributed by atoms with E-state index in [9.17, 15) is 16.8 Å². The zero-order valence-electron chi connectivity index (χ0n) is 32.1. The second kappa shape index (κ2) is 14.6. The minimum atomic E-state index is -4.57. The molecule has 53 heavy (non-hydrogen) atoms. The van der Waals surface area contributed by atoms with E-state index in [1.807, 2.05) is 72.8 Å². The van der Waals surface area contributed by atoms with Crippen molar-refractivity contribution in [3.05, 3.63) is 138 Å². The van der Waals surface area contributed by atoms with Gasteiger partial charge in [0.05, 0.1) is 12.0 Å². The number of hydrogen-bond donors (Lipinski definition) is 0. The molecular formula is C43H50O7S3. The fraction of sp³-hybridized carbons (Fsp3) is 0.302. The van der Waals surface area contributed by atoms with E-state index in [1.165, 1.54) is 37.4 Å². The maximum absolute atomic E-state index is 14.7. The largest absolute Gasteiger partial charge is 0.493 e. The van der Waals surface area contributed by atoms with Gasteiger partial charge in [0.15, 0.2) is 11.5 Å². The molecule has 0 fully saturated rings. The van der Waals surface area contributed by atoms with E-state index in [0.717, 1.165) is 16.7 Å². The summed E-state index contributed by atoms with van der Waals surface area (Å²) in [4.78, 5) is 1.81. The van der Waals surface area contributed by atoms with Gasteiger partial charge in [-0.05, 0) is 104 Å². The highest BCUT2D eigenvalue weighted by Gasteiger charge is 2.39. The highest BCUT2D eigenvalue weighted by Crippen LogP contribution is 2.70. The number of ether oxygens (including phenoxy) is 1. The second-order valence-corrected chi connectivity index (χ2v) is 22.1. The summed E-state index contributed by atoms with van der Waals surface area (Å²) in [5, 5.41) is 0. The van der Waals surface area contributed by atoms with E-state index in [2.05, 4.69) is 62.3 Å². The summed E-state index contributed by atoms with van der Waals surface area (Å²) in [5.74, 6) is -0.254. The van der Waals surface area contributed by atoms with Crippen LogP contribution in [0.4, 0.5) is 0 Å². The Morgan fingerprint density at radius 1 is 0.415 bits per heavy atom. The van der Waals surface area contributed by atoms with Crippen molar-refractivity contribution in [2.24, 2.45) is 0 Å². The van der Waals surface area contributed by atoms with Crippen molar-refractivity contribution in [2.75, 3.05) is 7.11 Å². The highest BCUT2D eigenvalue weighted by molar-refractivity contribution is 8.33. The topological polar surface area (TPSA) is 96.0 Å². The predicted molar refractivity (Wildman–Crippen MR) is 213 cm³/mol. The molecule has 5 rings (SSSR count). The number of methoxy groups -OCH3 is 1. The van der Waals surface area contributed by atoms with Gasteiger partial charge in [-0.2, -0.15) is 16.8 Å². The maximum Gasteiger partial charge on any atom is 0.339 e. The van der Waals surface area contributed by atoms with Crippen LogP contribution >= 0.6 is 10.3 Å². The van der Waals surface area contributed by atoms with E-state index < -0.39 is 30.5 Å². The highest BCUT2D eigenvalue weighted by atomic mass is 32.3. The Labute approximate surface area is 318 Å². The lowest BCUT2D eigenvalue weighted by Crippen LogP contribution is -2.17. The van der Waals surface area contributed by atoms with Crippen LogP contribution in [0.2, 0.25) is 0 Å². The average molecular weight is 775 g/mol. The minimum absolute atomic E-state index is 0.0529. The van der Waals surface area contributed by atoms with Crippen LogP contribution < -0.4 is 8.92 Å². The first-order valence-electron chi connectivity index (χ1n) is 17.4. The third-order valence-corrected chi connectivity index (χ3v) is 15.4. The van der Waals surface area contributed by atoms with E-state index in [0.29, 0.717) is 14.7 Å². The van der Waals surface area contributed by atoms with Crippen molar-refractivity contribution < 1.29 is 29.4 Å². The molecule has 0 atom stereocenters. The van der Waals surface area contributed by atoms with Crippen LogP contribution in [0.5, 0.6) is 11.5 Å². The lowest BCUT2D eigenvalue weighted by molar-refractivity contribution is 0.389. The van der Waals surface area contributed by atoms with Crippen molar-refractivity contribution in [2.45, 2.75) is 103 Å².